The summed E-state index contributed by atoms with van der Waals surface area (Å²) in [5.41, 5.74) is 6.74. The first-order valence-corrected chi connectivity index (χ1v) is 5.53. The zero-order chi connectivity index (χ0) is 11.4. The Kier molecular flexibility index (Phi) is 3.37. The number of hydrogen-bond donors (Lipinski definition) is 2. The summed E-state index contributed by atoms with van der Waals surface area (Å²) in [4.78, 5) is 11.8. The number of hydrogen-bond acceptors (Lipinski definition) is 2. The standard InChI is InChI=1S/C13H16N2O/c14-12(10-6-2-1-3-7-10)13(16)15-11-8-4-5-9-11/h1-7,11-12H,8-9,14H2,(H,15,16). The Hall–Kier alpha value is -1.61. The maximum atomic E-state index is 11.8. The molecule has 1 aliphatic rings. The number of nitrogens with two attached hydrogens (primary N) is 1. The molecule has 0 fully saturated rings. The van der Waals surface area contributed by atoms with Crippen molar-refractivity contribution in [1.82, 2.24) is 5.32 Å². The second-order valence-electron chi connectivity index (χ2n) is 4.04. The lowest BCUT2D eigenvalue weighted by Crippen LogP contribution is -2.39. The first-order chi connectivity index (χ1) is 7.77. The molecular formula is C13H16N2O. The molecule has 1 aliphatic carbocycles. The molecule has 1 unspecified atom stereocenters. The summed E-state index contributed by atoms with van der Waals surface area (Å²) in [6.45, 7) is 0. The Bertz CT molecular complexity index is 378. The Morgan fingerprint density at radius 3 is 2.50 bits per heavy atom. The minimum atomic E-state index is -0.568. The highest BCUT2D eigenvalue weighted by molar-refractivity contribution is 5.83. The van der Waals surface area contributed by atoms with Gasteiger partial charge in [-0.25, -0.2) is 0 Å². The second kappa shape index (κ2) is 4.94. The van der Waals surface area contributed by atoms with Crippen LogP contribution in [-0.4, -0.2) is 11.9 Å². The molecule has 1 atom stereocenters. The van der Waals surface area contributed by atoms with Crippen molar-refractivity contribution in [2.24, 2.45) is 5.73 Å². The van der Waals surface area contributed by atoms with Crippen molar-refractivity contribution in [2.45, 2.75) is 24.9 Å². The van der Waals surface area contributed by atoms with Gasteiger partial charge in [0, 0.05) is 6.04 Å². The fourth-order valence-corrected chi connectivity index (χ4v) is 1.84. The van der Waals surface area contributed by atoms with Crippen LogP contribution in [0.4, 0.5) is 0 Å². The van der Waals surface area contributed by atoms with Crippen LogP contribution in [-0.2, 0) is 4.79 Å². The van der Waals surface area contributed by atoms with E-state index in [1.807, 2.05) is 30.3 Å². The van der Waals surface area contributed by atoms with Crippen molar-refractivity contribution in [3.8, 4) is 0 Å². The number of carbonyl (C=O) groups excluding carboxylic acids is 1. The van der Waals surface area contributed by atoms with Crippen molar-refractivity contribution in [3.63, 3.8) is 0 Å². The lowest BCUT2D eigenvalue weighted by atomic mass is 10.1. The molecule has 84 valence electrons. The molecule has 0 saturated heterocycles. The third kappa shape index (κ3) is 2.49. The van der Waals surface area contributed by atoms with Crippen LogP contribution < -0.4 is 11.1 Å². The van der Waals surface area contributed by atoms with E-state index in [1.54, 1.807) is 0 Å². The van der Waals surface area contributed by atoms with Crippen LogP contribution in [0.1, 0.15) is 24.4 Å². The molecule has 3 N–H and O–H groups in total. The van der Waals surface area contributed by atoms with Gasteiger partial charge in [0.1, 0.15) is 6.04 Å². The number of carbonyl (C=O) groups is 1. The van der Waals surface area contributed by atoms with Gasteiger partial charge in [-0.15, -0.1) is 0 Å². The van der Waals surface area contributed by atoms with Gasteiger partial charge in [-0.2, -0.15) is 0 Å². The molecule has 3 heteroatoms. The van der Waals surface area contributed by atoms with Gasteiger partial charge in [-0.05, 0) is 18.4 Å². The first kappa shape index (κ1) is 10.9. The van der Waals surface area contributed by atoms with E-state index in [2.05, 4.69) is 17.5 Å². The van der Waals surface area contributed by atoms with E-state index >= 15 is 0 Å². The summed E-state index contributed by atoms with van der Waals surface area (Å²) in [6, 6.07) is 9.09. The SMILES string of the molecule is NC(C(=O)NC1CC=CC1)c1ccccc1. The third-order valence-corrected chi connectivity index (χ3v) is 2.80. The van der Waals surface area contributed by atoms with Crippen LogP contribution in [0, 0.1) is 0 Å². The molecule has 0 saturated carbocycles. The summed E-state index contributed by atoms with van der Waals surface area (Å²) in [5.74, 6) is -0.0973. The second-order valence-corrected chi connectivity index (χ2v) is 4.04. The van der Waals surface area contributed by atoms with Crippen LogP contribution in [0.5, 0.6) is 0 Å². The number of rotatable bonds is 3. The first-order valence-electron chi connectivity index (χ1n) is 5.53. The smallest absolute Gasteiger partial charge is 0.241 e. The van der Waals surface area contributed by atoms with Gasteiger partial charge in [0.15, 0.2) is 0 Å². The predicted molar refractivity (Wildman–Crippen MR) is 63.7 cm³/mol. The van der Waals surface area contributed by atoms with E-state index in [0.717, 1.165) is 18.4 Å². The van der Waals surface area contributed by atoms with Crippen LogP contribution in [0.2, 0.25) is 0 Å². The van der Waals surface area contributed by atoms with Gasteiger partial charge in [0.2, 0.25) is 5.91 Å². The molecule has 1 amide bonds. The zero-order valence-corrected chi connectivity index (χ0v) is 9.10. The summed E-state index contributed by atoms with van der Waals surface area (Å²) in [6.07, 6.45) is 5.98. The highest BCUT2D eigenvalue weighted by Gasteiger charge is 2.19. The van der Waals surface area contributed by atoms with E-state index in [1.165, 1.54) is 0 Å². The average molecular weight is 216 g/mol. The predicted octanol–water partition coefficient (Wildman–Crippen LogP) is 1.52. The van der Waals surface area contributed by atoms with Crippen molar-refractivity contribution < 1.29 is 4.79 Å². The van der Waals surface area contributed by atoms with Crippen molar-refractivity contribution in [3.05, 3.63) is 48.0 Å². The Balaban J connectivity index is 1.94. The summed E-state index contributed by atoms with van der Waals surface area (Å²) in [5, 5.41) is 2.95. The van der Waals surface area contributed by atoms with Gasteiger partial charge in [0.25, 0.3) is 0 Å². The van der Waals surface area contributed by atoms with Crippen LogP contribution >= 0.6 is 0 Å². The average Bonchev–Trinajstić information content (AvgIpc) is 2.82. The maximum absolute atomic E-state index is 11.8. The maximum Gasteiger partial charge on any atom is 0.241 e. The summed E-state index contributed by atoms with van der Waals surface area (Å²) < 4.78 is 0. The number of amides is 1. The molecule has 2 rings (SSSR count). The number of nitrogens with one attached hydrogen (secondary N) is 1. The molecular weight excluding hydrogens is 200 g/mol. The Morgan fingerprint density at radius 1 is 1.25 bits per heavy atom. The molecule has 0 bridgehead atoms. The molecule has 0 radical (unpaired) electrons. The largest absolute Gasteiger partial charge is 0.351 e. The third-order valence-electron chi connectivity index (χ3n) is 2.80. The lowest BCUT2D eigenvalue weighted by molar-refractivity contribution is -0.123. The molecule has 1 aromatic carbocycles. The van der Waals surface area contributed by atoms with E-state index in [9.17, 15) is 4.79 Å². The Labute approximate surface area is 95.3 Å². The number of benzene rings is 1. The summed E-state index contributed by atoms with van der Waals surface area (Å²) in [7, 11) is 0. The molecule has 16 heavy (non-hydrogen) atoms. The van der Waals surface area contributed by atoms with Crippen LogP contribution in [0.3, 0.4) is 0 Å². The fourth-order valence-electron chi connectivity index (χ4n) is 1.84. The van der Waals surface area contributed by atoms with Gasteiger partial charge in [-0.1, -0.05) is 42.5 Å². The van der Waals surface area contributed by atoms with Crippen LogP contribution in [0.25, 0.3) is 0 Å². The van der Waals surface area contributed by atoms with Crippen molar-refractivity contribution in [1.29, 1.82) is 0 Å². The Morgan fingerprint density at radius 2 is 1.88 bits per heavy atom. The molecule has 0 heterocycles. The highest BCUT2D eigenvalue weighted by Crippen LogP contribution is 2.13. The van der Waals surface area contributed by atoms with Gasteiger partial charge >= 0.3 is 0 Å². The van der Waals surface area contributed by atoms with E-state index < -0.39 is 6.04 Å². The lowest BCUT2D eigenvalue weighted by Gasteiger charge is -2.16. The van der Waals surface area contributed by atoms with Crippen molar-refractivity contribution in [2.75, 3.05) is 0 Å². The molecule has 3 nitrogen and oxygen atoms in total. The molecule has 1 aromatic rings. The van der Waals surface area contributed by atoms with Crippen molar-refractivity contribution >= 4 is 5.91 Å². The van der Waals surface area contributed by atoms with Gasteiger partial charge in [0.05, 0.1) is 0 Å². The van der Waals surface area contributed by atoms with E-state index in [-0.39, 0.29) is 11.9 Å². The molecule has 0 aromatic heterocycles. The van der Waals surface area contributed by atoms with Gasteiger partial charge in [-0.3, -0.25) is 4.79 Å². The van der Waals surface area contributed by atoms with Gasteiger partial charge < -0.3 is 11.1 Å². The highest BCUT2D eigenvalue weighted by atomic mass is 16.2. The normalized spacial score (nSPS) is 17.3. The van der Waals surface area contributed by atoms with Crippen LogP contribution in [0.15, 0.2) is 42.5 Å². The van der Waals surface area contributed by atoms with E-state index in [4.69, 9.17) is 5.73 Å². The topological polar surface area (TPSA) is 55.1 Å². The minimum Gasteiger partial charge on any atom is -0.351 e. The molecule has 0 spiro atoms. The summed E-state index contributed by atoms with van der Waals surface area (Å²) >= 11 is 0. The fraction of sp³-hybridized carbons (Fsp3) is 0.308. The zero-order valence-electron chi connectivity index (χ0n) is 9.10. The minimum absolute atomic E-state index is 0.0973. The quantitative estimate of drug-likeness (QED) is 0.753. The molecule has 0 aliphatic heterocycles. The van der Waals surface area contributed by atoms with E-state index in [0.29, 0.717) is 0 Å². The monoisotopic (exact) mass is 216 g/mol.